The van der Waals surface area contributed by atoms with Crippen molar-refractivity contribution < 1.29 is 14.0 Å². The summed E-state index contributed by atoms with van der Waals surface area (Å²) in [4.78, 5) is 27.9. The summed E-state index contributed by atoms with van der Waals surface area (Å²) in [5.41, 5.74) is 6.66. The van der Waals surface area contributed by atoms with Gasteiger partial charge in [-0.15, -0.1) is 0 Å². The molecule has 0 unspecified atom stereocenters. The molecule has 0 saturated heterocycles. The second-order valence-electron chi connectivity index (χ2n) is 8.14. The van der Waals surface area contributed by atoms with E-state index >= 15 is 0 Å². The molecular weight excluding hydrogens is 445 g/mol. The minimum atomic E-state index is -0.437. The number of hydrogen-bond donors (Lipinski definition) is 5. The summed E-state index contributed by atoms with van der Waals surface area (Å²) >= 11 is 0. The Bertz CT molecular complexity index is 1440. The molecule has 174 valence electrons. The molecule has 7 nitrogen and oxygen atoms in total. The van der Waals surface area contributed by atoms with E-state index < -0.39 is 6.03 Å². The molecule has 8 heteroatoms. The van der Waals surface area contributed by atoms with E-state index in [1.54, 1.807) is 6.07 Å². The molecule has 5 rings (SSSR count). The number of H-pyrrole nitrogens is 1. The molecular formula is C27H22FN5O2. The zero-order chi connectivity index (χ0) is 24.4. The highest BCUT2D eigenvalue weighted by Crippen LogP contribution is 2.36. The largest absolute Gasteiger partial charge is 0.362 e. The van der Waals surface area contributed by atoms with E-state index in [0.717, 1.165) is 33.9 Å². The first kappa shape index (κ1) is 22.0. The van der Waals surface area contributed by atoms with Crippen LogP contribution in [-0.4, -0.2) is 16.9 Å². The van der Waals surface area contributed by atoms with Crippen molar-refractivity contribution in [3.63, 3.8) is 0 Å². The highest BCUT2D eigenvalue weighted by molar-refractivity contribution is 6.35. The molecule has 0 aliphatic carbocycles. The van der Waals surface area contributed by atoms with E-state index in [-0.39, 0.29) is 11.7 Å². The molecule has 2 heterocycles. The van der Waals surface area contributed by atoms with E-state index in [1.807, 2.05) is 61.7 Å². The summed E-state index contributed by atoms with van der Waals surface area (Å²) in [7, 11) is 0. The molecule has 3 amide bonds. The molecule has 0 bridgehead atoms. The Morgan fingerprint density at radius 2 is 1.66 bits per heavy atom. The third-order valence-corrected chi connectivity index (χ3v) is 5.60. The Morgan fingerprint density at radius 1 is 0.914 bits per heavy atom. The first-order chi connectivity index (χ1) is 16.9. The molecule has 0 fully saturated rings. The van der Waals surface area contributed by atoms with Gasteiger partial charge in [-0.2, -0.15) is 0 Å². The van der Waals surface area contributed by atoms with Crippen LogP contribution in [0, 0.1) is 12.7 Å². The van der Waals surface area contributed by atoms with Crippen molar-refractivity contribution in [3.8, 4) is 0 Å². The molecule has 1 aliphatic rings. The normalized spacial score (nSPS) is 13.3. The summed E-state index contributed by atoms with van der Waals surface area (Å²) in [5.74, 6) is -0.523. The smallest absolute Gasteiger partial charge is 0.323 e. The van der Waals surface area contributed by atoms with Gasteiger partial charge < -0.3 is 26.3 Å². The molecule has 35 heavy (non-hydrogen) atoms. The van der Waals surface area contributed by atoms with Crippen LogP contribution in [0.1, 0.15) is 16.8 Å². The van der Waals surface area contributed by atoms with Crippen molar-refractivity contribution in [2.75, 3.05) is 21.3 Å². The van der Waals surface area contributed by atoms with Crippen LogP contribution in [0.5, 0.6) is 0 Å². The lowest BCUT2D eigenvalue weighted by Crippen LogP contribution is -2.19. The molecule has 1 aromatic heterocycles. The van der Waals surface area contributed by atoms with Gasteiger partial charge in [0, 0.05) is 40.2 Å². The summed E-state index contributed by atoms with van der Waals surface area (Å²) in [6, 6.07) is 20.1. The SMILES string of the molecule is Cc1ccc(NC(=O)Nc2ccc(F)cc2)cc1Nc1ccc2c(c1)NC(=O)C2=Cc1ccc[nH]1. The fraction of sp³-hybridized carbons (Fsp3) is 0.0370. The lowest BCUT2D eigenvalue weighted by molar-refractivity contribution is -0.110. The quantitative estimate of drug-likeness (QED) is 0.221. The van der Waals surface area contributed by atoms with Crippen LogP contribution in [-0.2, 0) is 4.79 Å². The summed E-state index contributed by atoms with van der Waals surface area (Å²) < 4.78 is 13.1. The standard InChI is InChI=1S/C27H22FN5O2/c1-16-4-7-21(32-27(35)31-18-8-5-17(28)6-9-18)14-24(16)30-20-10-11-22-23(13-19-3-2-12-29-19)26(34)33-25(22)15-20/h2-15,29-30H,1H3,(H,33,34)(H2,31,32,35). The molecule has 3 aromatic carbocycles. The van der Waals surface area contributed by atoms with Crippen molar-refractivity contribution >= 4 is 52.0 Å². The van der Waals surface area contributed by atoms with Gasteiger partial charge in [0.2, 0.25) is 0 Å². The number of urea groups is 1. The molecule has 0 spiro atoms. The average molecular weight is 468 g/mol. The zero-order valence-electron chi connectivity index (χ0n) is 18.8. The van der Waals surface area contributed by atoms with Gasteiger partial charge in [-0.25, -0.2) is 9.18 Å². The first-order valence-electron chi connectivity index (χ1n) is 11.0. The minimum Gasteiger partial charge on any atom is -0.362 e. The van der Waals surface area contributed by atoms with Crippen LogP contribution in [0.3, 0.4) is 0 Å². The van der Waals surface area contributed by atoms with Gasteiger partial charge in [-0.05, 0) is 79.2 Å². The average Bonchev–Trinajstić information content (AvgIpc) is 3.45. The molecule has 4 aromatic rings. The topological polar surface area (TPSA) is 98.0 Å². The van der Waals surface area contributed by atoms with Crippen LogP contribution in [0.25, 0.3) is 11.6 Å². The third kappa shape index (κ3) is 4.91. The molecule has 1 aliphatic heterocycles. The number of rotatable bonds is 5. The number of hydrogen-bond acceptors (Lipinski definition) is 3. The van der Waals surface area contributed by atoms with Crippen molar-refractivity contribution in [2.45, 2.75) is 6.92 Å². The number of aromatic amines is 1. The van der Waals surface area contributed by atoms with E-state index in [9.17, 15) is 14.0 Å². The minimum absolute atomic E-state index is 0.152. The zero-order valence-corrected chi connectivity index (χ0v) is 18.8. The number of fused-ring (bicyclic) bond motifs is 1. The highest BCUT2D eigenvalue weighted by Gasteiger charge is 2.24. The number of aromatic nitrogens is 1. The summed E-state index contributed by atoms with van der Waals surface area (Å²) in [6.07, 6.45) is 3.63. The summed E-state index contributed by atoms with van der Waals surface area (Å²) in [6.45, 7) is 1.96. The number of carbonyl (C=O) groups excluding carboxylic acids is 2. The maximum absolute atomic E-state index is 13.1. The lowest BCUT2D eigenvalue weighted by Gasteiger charge is -2.14. The number of carbonyl (C=O) groups is 2. The first-order valence-corrected chi connectivity index (χ1v) is 11.0. The molecule has 0 saturated carbocycles. The van der Waals surface area contributed by atoms with Crippen molar-refractivity contribution in [2.24, 2.45) is 0 Å². The molecule has 5 N–H and O–H groups in total. The number of amides is 3. The van der Waals surface area contributed by atoms with Gasteiger partial charge in [-0.3, -0.25) is 4.79 Å². The Labute approximate surface area is 201 Å². The maximum Gasteiger partial charge on any atom is 0.323 e. The second kappa shape index (κ2) is 9.18. The fourth-order valence-electron chi connectivity index (χ4n) is 3.82. The van der Waals surface area contributed by atoms with Gasteiger partial charge in [-0.1, -0.05) is 12.1 Å². The van der Waals surface area contributed by atoms with Crippen LogP contribution >= 0.6 is 0 Å². The Hall–Kier alpha value is -4.85. The van der Waals surface area contributed by atoms with E-state index in [2.05, 4.69) is 26.3 Å². The van der Waals surface area contributed by atoms with Crippen LogP contribution < -0.4 is 21.3 Å². The molecule has 0 atom stereocenters. The molecule has 0 radical (unpaired) electrons. The number of aryl methyl sites for hydroxylation is 1. The Kier molecular flexibility index (Phi) is 5.76. The lowest BCUT2D eigenvalue weighted by atomic mass is 10.1. The third-order valence-electron chi connectivity index (χ3n) is 5.60. The number of halogens is 1. The van der Waals surface area contributed by atoms with E-state index in [1.165, 1.54) is 24.3 Å². The van der Waals surface area contributed by atoms with Gasteiger partial charge in [0.25, 0.3) is 5.91 Å². The van der Waals surface area contributed by atoms with Crippen LogP contribution in [0.2, 0.25) is 0 Å². The van der Waals surface area contributed by atoms with Gasteiger partial charge in [0.05, 0.1) is 11.3 Å². The van der Waals surface area contributed by atoms with Crippen LogP contribution in [0.4, 0.5) is 37.6 Å². The van der Waals surface area contributed by atoms with Gasteiger partial charge in [0.15, 0.2) is 0 Å². The predicted octanol–water partition coefficient (Wildman–Crippen LogP) is 6.34. The summed E-state index contributed by atoms with van der Waals surface area (Å²) in [5, 5.41) is 11.7. The van der Waals surface area contributed by atoms with Crippen LogP contribution in [0.15, 0.2) is 79.0 Å². The highest BCUT2D eigenvalue weighted by atomic mass is 19.1. The Balaban J connectivity index is 1.31. The maximum atomic E-state index is 13.1. The number of anilines is 5. The van der Waals surface area contributed by atoms with Crippen molar-refractivity contribution in [1.82, 2.24) is 4.98 Å². The monoisotopic (exact) mass is 467 g/mol. The number of nitrogens with one attached hydrogen (secondary N) is 5. The van der Waals surface area contributed by atoms with Gasteiger partial charge >= 0.3 is 6.03 Å². The Morgan fingerprint density at radius 3 is 2.43 bits per heavy atom. The van der Waals surface area contributed by atoms with Crippen molar-refractivity contribution in [3.05, 3.63) is 102 Å². The predicted molar refractivity (Wildman–Crippen MR) is 137 cm³/mol. The van der Waals surface area contributed by atoms with Crippen molar-refractivity contribution in [1.29, 1.82) is 0 Å². The fourth-order valence-corrected chi connectivity index (χ4v) is 3.82. The van der Waals surface area contributed by atoms with Gasteiger partial charge in [0.1, 0.15) is 5.82 Å². The van der Waals surface area contributed by atoms with E-state index in [0.29, 0.717) is 16.9 Å². The van der Waals surface area contributed by atoms with E-state index in [4.69, 9.17) is 0 Å². The second-order valence-corrected chi connectivity index (χ2v) is 8.14. The number of benzene rings is 3.